The van der Waals surface area contributed by atoms with E-state index in [-0.39, 0.29) is 0 Å². The van der Waals surface area contributed by atoms with E-state index < -0.39 is 0 Å². The van der Waals surface area contributed by atoms with E-state index in [9.17, 15) is 5.26 Å². The smallest absolute Gasteiger partial charge is 0.0991 e. The fourth-order valence-electron chi connectivity index (χ4n) is 5.68. The van der Waals surface area contributed by atoms with Crippen LogP contribution in [0.3, 0.4) is 0 Å². The maximum atomic E-state index is 9.34. The summed E-state index contributed by atoms with van der Waals surface area (Å²) in [6.45, 7) is 0. The number of hydrogen-bond acceptors (Lipinski definition) is 1. The number of fused-ring (bicyclic) bond motifs is 9. The highest BCUT2D eigenvalue weighted by Crippen LogP contribution is 2.68. The van der Waals surface area contributed by atoms with Crippen molar-refractivity contribution in [1.29, 1.82) is 5.26 Å². The van der Waals surface area contributed by atoms with E-state index in [1.54, 1.807) is 0 Å². The molecule has 0 aliphatic heterocycles. The summed E-state index contributed by atoms with van der Waals surface area (Å²) in [6.07, 6.45) is 0. The van der Waals surface area contributed by atoms with Crippen LogP contribution in [0.25, 0.3) is 0 Å². The van der Waals surface area contributed by atoms with Crippen molar-refractivity contribution in [2.45, 2.75) is 17.8 Å². The summed E-state index contributed by atoms with van der Waals surface area (Å²) in [5.41, 5.74) is 9.58. The van der Waals surface area contributed by atoms with Crippen molar-refractivity contribution in [3.8, 4) is 6.07 Å². The molecule has 4 atom stereocenters. The largest absolute Gasteiger partial charge is 0.192 e. The molecule has 24 heavy (non-hydrogen) atoms. The van der Waals surface area contributed by atoms with E-state index in [4.69, 9.17) is 0 Å². The van der Waals surface area contributed by atoms with Crippen LogP contribution in [0.4, 0.5) is 0 Å². The third-order valence-electron chi connectivity index (χ3n) is 6.37. The van der Waals surface area contributed by atoms with Crippen molar-refractivity contribution in [2.75, 3.05) is 0 Å². The standard InChI is InChI=1S/C23H15N/c24-12-13-9-10-18-19(11-13)22-17-8-4-3-7-16(17)20-14-5-1-2-6-15(14)21(18)23(20)22/h1-11,20-23H. The van der Waals surface area contributed by atoms with Crippen LogP contribution in [0, 0.1) is 17.2 Å². The van der Waals surface area contributed by atoms with Gasteiger partial charge in [-0.15, -0.1) is 0 Å². The van der Waals surface area contributed by atoms with Gasteiger partial charge in [0.05, 0.1) is 11.6 Å². The first-order valence-corrected chi connectivity index (χ1v) is 8.60. The average Bonchev–Trinajstić information content (AvgIpc) is 3.25. The van der Waals surface area contributed by atoms with E-state index in [1.165, 1.54) is 33.4 Å². The van der Waals surface area contributed by atoms with Gasteiger partial charge in [0.2, 0.25) is 0 Å². The van der Waals surface area contributed by atoms with Crippen molar-refractivity contribution in [2.24, 2.45) is 5.92 Å². The van der Waals surface area contributed by atoms with Gasteiger partial charge >= 0.3 is 0 Å². The van der Waals surface area contributed by atoms with Crippen LogP contribution in [-0.4, -0.2) is 0 Å². The lowest BCUT2D eigenvalue weighted by Gasteiger charge is -2.16. The Morgan fingerprint density at radius 2 is 1.04 bits per heavy atom. The molecule has 0 amide bonds. The number of rotatable bonds is 0. The van der Waals surface area contributed by atoms with Gasteiger partial charge in [-0.25, -0.2) is 0 Å². The molecule has 1 heteroatoms. The van der Waals surface area contributed by atoms with E-state index in [0.717, 1.165) is 5.56 Å². The molecule has 0 spiro atoms. The minimum Gasteiger partial charge on any atom is -0.192 e. The molecule has 3 aromatic rings. The number of hydrogen-bond donors (Lipinski definition) is 0. The maximum absolute atomic E-state index is 9.34. The van der Waals surface area contributed by atoms with Gasteiger partial charge in [0.15, 0.2) is 0 Å². The molecule has 0 N–H and O–H groups in total. The lowest BCUT2D eigenvalue weighted by atomic mass is 9.86. The Labute approximate surface area is 141 Å². The molecule has 1 nitrogen and oxygen atoms in total. The fraction of sp³-hybridized carbons (Fsp3) is 0.174. The highest BCUT2D eigenvalue weighted by Gasteiger charge is 2.56. The van der Waals surface area contributed by atoms with Crippen molar-refractivity contribution < 1.29 is 0 Å². The fourth-order valence-corrected chi connectivity index (χ4v) is 5.68. The molecule has 0 saturated heterocycles. The second-order valence-electron chi connectivity index (χ2n) is 7.22. The van der Waals surface area contributed by atoms with Crippen molar-refractivity contribution in [1.82, 2.24) is 0 Å². The highest BCUT2D eigenvalue weighted by atomic mass is 14.6. The summed E-state index contributed by atoms with van der Waals surface area (Å²) in [7, 11) is 0. The predicted molar refractivity (Wildman–Crippen MR) is 93.1 cm³/mol. The lowest BCUT2D eigenvalue weighted by Crippen LogP contribution is -2.07. The molecule has 3 aliphatic carbocycles. The Hall–Kier alpha value is -2.85. The van der Waals surface area contributed by atoms with E-state index in [1.807, 2.05) is 6.07 Å². The van der Waals surface area contributed by atoms with Crippen molar-refractivity contribution in [3.63, 3.8) is 0 Å². The van der Waals surface area contributed by atoms with Gasteiger partial charge in [-0.2, -0.15) is 5.26 Å². The summed E-state index contributed by atoms with van der Waals surface area (Å²) in [6, 6.07) is 26.6. The second kappa shape index (κ2) is 4.16. The summed E-state index contributed by atoms with van der Waals surface area (Å²) in [5, 5.41) is 9.34. The molecule has 3 aromatic carbocycles. The first-order chi connectivity index (χ1) is 11.9. The Bertz CT molecular complexity index is 1050. The van der Waals surface area contributed by atoms with Crippen molar-refractivity contribution >= 4 is 0 Å². The van der Waals surface area contributed by atoms with Gasteiger partial charge in [0.25, 0.3) is 0 Å². The van der Waals surface area contributed by atoms with Crippen LogP contribution in [0.2, 0.25) is 0 Å². The first kappa shape index (κ1) is 12.6. The molecule has 0 aromatic heterocycles. The van der Waals surface area contributed by atoms with Crippen LogP contribution in [-0.2, 0) is 0 Å². The molecule has 0 heterocycles. The average molecular weight is 305 g/mol. The molecule has 112 valence electrons. The highest BCUT2D eigenvalue weighted by molar-refractivity contribution is 5.66. The molecule has 0 radical (unpaired) electrons. The monoisotopic (exact) mass is 305 g/mol. The quantitative estimate of drug-likeness (QED) is 0.579. The second-order valence-corrected chi connectivity index (χ2v) is 7.22. The predicted octanol–water partition coefficient (Wildman–Crippen LogP) is 4.91. The Morgan fingerprint density at radius 3 is 1.54 bits per heavy atom. The third-order valence-corrected chi connectivity index (χ3v) is 6.37. The molecule has 4 unspecified atom stereocenters. The summed E-state index contributed by atoms with van der Waals surface area (Å²) in [4.78, 5) is 0. The van der Waals surface area contributed by atoms with Gasteiger partial charge in [0.1, 0.15) is 0 Å². The first-order valence-electron chi connectivity index (χ1n) is 8.60. The van der Waals surface area contributed by atoms with Crippen LogP contribution < -0.4 is 0 Å². The molecule has 0 bridgehead atoms. The number of nitriles is 1. The Kier molecular flexibility index (Phi) is 2.18. The molecule has 0 fully saturated rings. The topological polar surface area (TPSA) is 23.8 Å². The van der Waals surface area contributed by atoms with E-state index in [0.29, 0.717) is 23.7 Å². The lowest BCUT2D eigenvalue weighted by molar-refractivity contribution is 0.486. The molecular weight excluding hydrogens is 290 g/mol. The van der Waals surface area contributed by atoms with Crippen LogP contribution in [0.15, 0.2) is 66.7 Å². The molecular formula is C23H15N. The van der Waals surface area contributed by atoms with Crippen LogP contribution in [0.5, 0.6) is 0 Å². The Balaban J connectivity index is 1.73. The van der Waals surface area contributed by atoms with Gasteiger partial charge in [-0.05, 0) is 51.4 Å². The summed E-state index contributed by atoms with van der Waals surface area (Å²) in [5.74, 6) is 2.01. The van der Waals surface area contributed by atoms with Crippen LogP contribution in [0.1, 0.15) is 56.7 Å². The summed E-state index contributed by atoms with van der Waals surface area (Å²) < 4.78 is 0. The minimum atomic E-state index is 0.437. The molecule has 6 rings (SSSR count). The maximum Gasteiger partial charge on any atom is 0.0991 e. The molecule has 3 aliphatic rings. The van der Waals surface area contributed by atoms with Crippen molar-refractivity contribution in [3.05, 3.63) is 106 Å². The van der Waals surface area contributed by atoms with Gasteiger partial charge in [-0.3, -0.25) is 0 Å². The normalized spacial score (nSPS) is 27.1. The van der Waals surface area contributed by atoms with Gasteiger partial charge in [-0.1, -0.05) is 54.6 Å². The summed E-state index contributed by atoms with van der Waals surface area (Å²) >= 11 is 0. The minimum absolute atomic E-state index is 0.437. The number of benzene rings is 3. The zero-order chi connectivity index (χ0) is 15.8. The van der Waals surface area contributed by atoms with E-state index >= 15 is 0 Å². The van der Waals surface area contributed by atoms with E-state index in [2.05, 4.69) is 66.7 Å². The Morgan fingerprint density at radius 1 is 0.583 bits per heavy atom. The molecule has 0 saturated carbocycles. The number of nitrogens with zero attached hydrogens (tertiary/aromatic N) is 1. The zero-order valence-corrected chi connectivity index (χ0v) is 13.1. The van der Waals surface area contributed by atoms with Gasteiger partial charge in [0, 0.05) is 17.8 Å². The van der Waals surface area contributed by atoms with Gasteiger partial charge < -0.3 is 0 Å². The zero-order valence-electron chi connectivity index (χ0n) is 13.1. The SMILES string of the molecule is N#Cc1ccc2c(c1)C1c3ccccc3C3c4ccccc4C2C31. The third kappa shape index (κ3) is 1.28. The van der Waals surface area contributed by atoms with Crippen LogP contribution >= 0.6 is 0 Å².